The zero-order valence-electron chi connectivity index (χ0n) is 16.6. The van der Waals surface area contributed by atoms with E-state index in [1.54, 1.807) is 26.0 Å². The summed E-state index contributed by atoms with van der Waals surface area (Å²) in [4.78, 5) is 37.7. The van der Waals surface area contributed by atoms with Gasteiger partial charge >= 0.3 is 18.3 Å². The summed E-state index contributed by atoms with van der Waals surface area (Å²) in [5, 5.41) is 8.96. The molecule has 10 nitrogen and oxygen atoms in total. The molecule has 1 unspecified atom stereocenters. The Morgan fingerprint density at radius 3 is 2.55 bits per heavy atom. The third-order valence-corrected chi connectivity index (χ3v) is 3.89. The normalized spacial score (nSPS) is 16.2. The van der Waals surface area contributed by atoms with Gasteiger partial charge in [-0.25, -0.2) is 9.59 Å². The van der Waals surface area contributed by atoms with Crippen LogP contribution in [0.5, 0.6) is 5.75 Å². The third kappa shape index (κ3) is 6.49. The van der Waals surface area contributed by atoms with Gasteiger partial charge in [-0.05, 0) is 38.5 Å². The van der Waals surface area contributed by atoms with Crippen molar-refractivity contribution >= 4 is 18.2 Å². The minimum absolute atomic E-state index is 0.00441. The van der Waals surface area contributed by atoms with E-state index >= 15 is 0 Å². The van der Waals surface area contributed by atoms with Gasteiger partial charge in [0.05, 0.1) is 5.57 Å². The van der Waals surface area contributed by atoms with Crippen molar-refractivity contribution < 1.29 is 51.6 Å². The fourth-order valence-electron chi connectivity index (χ4n) is 2.70. The van der Waals surface area contributed by atoms with Gasteiger partial charge in [0, 0.05) is 5.56 Å². The van der Waals surface area contributed by atoms with Gasteiger partial charge < -0.3 is 23.8 Å². The minimum Gasteiger partial charge on any atom is -0.475 e. The molecule has 1 heterocycles. The lowest BCUT2D eigenvalue weighted by Crippen LogP contribution is -2.41. The van der Waals surface area contributed by atoms with Crippen LogP contribution in [-0.4, -0.2) is 49.0 Å². The first-order valence-corrected chi connectivity index (χ1v) is 8.72. The van der Waals surface area contributed by atoms with Crippen LogP contribution in [0.4, 0.5) is 18.0 Å². The van der Waals surface area contributed by atoms with Gasteiger partial charge in [-0.1, -0.05) is 11.6 Å². The second kappa shape index (κ2) is 9.53. The number of hydrogen-bond acceptors (Lipinski definition) is 9. The van der Waals surface area contributed by atoms with Crippen LogP contribution in [0.1, 0.15) is 23.6 Å². The van der Waals surface area contributed by atoms with Crippen molar-refractivity contribution in [1.29, 1.82) is 0 Å². The maximum absolute atomic E-state index is 13.4. The molecule has 0 aromatic heterocycles. The predicted octanol–water partition coefficient (Wildman–Crippen LogP) is 3.26. The Hall–Kier alpha value is -3.51. The Balaban J connectivity index is 2.04. The number of carbonyl (C=O) groups excluding carboxylic acids is 2. The van der Waals surface area contributed by atoms with E-state index in [0.29, 0.717) is 5.56 Å². The fraction of sp³-hybridized carbons (Fsp3) is 0.444. The maximum atomic E-state index is 13.4. The molecule has 0 radical (unpaired) electrons. The number of carbonyl (C=O) groups is 2. The van der Waals surface area contributed by atoms with Crippen LogP contribution >= 0.6 is 0 Å². The quantitative estimate of drug-likeness (QED) is 0.267. The molecule has 1 aliphatic heterocycles. The molecule has 1 aromatic carbocycles. The molecule has 2 atom stereocenters. The Morgan fingerprint density at radius 1 is 1.26 bits per heavy atom. The zero-order chi connectivity index (χ0) is 23.3. The SMILES string of the molecule is Cc1cc(C)c2c(c1)C=C(C(=O)OCOC(=O)OC(C)CO[N+](=O)[O-])[C@@H](C(F)(F)F)O2. The molecule has 13 heteroatoms. The average Bonchev–Trinajstić information content (AvgIpc) is 2.64. The van der Waals surface area contributed by atoms with Crippen molar-refractivity contribution in [2.75, 3.05) is 13.4 Å². The Labute approximate surface area is 173 Å². The van der Waals surface area contributed by atoms with Gasteiger partial charge in [0.25, 0.3) is 5.09 Å². The highest BCUT2D eigenvalue weighted by atomic mass is 19.4. The zero-order valence-corrected chi connectivity index (χ0v) is 16.6. The number of rotatable bonds is 7. The molecule has 170 valence electrons. The molecule has 1 aromatic rings. The lowest BCUT2D eigenvalue weighted by molar-refractivity contribution is -0.759. The van der Waals surface area contributed by atoms with Gasteiger partial charge in [0.15, 0.2) is 0 Å². The van der Waals surface area contributed by atoms with E-state index in [1.807, 2.05) is 0 Å². The number of hydrogen-bond donors (Lipinski definition) is 0. The summed E-state index contributed by atoms with van der Waals surface area (Å²) >= 11 is 0. The molecule has 0 saturated carbocycles. The lowest BCUT2D eigenvalue weighted by atomic mass is 9.97. The van der Waals surface area contributed by atoms with Crippen molar-refractivity contribution in [2.45, 2.75) is 39.2 Å². The van der Waals surface area contributed by atoms with Crippen molar-refractivity contribution in [3.63, 3.8) is 0 Å². The molecule has 0 fully saturated rings. The van der Waals surface area contributed by atoms with E-state index in [4.69, 9.17) is 4.74 Å². The van der Waals surface area contributed by atoms with Crippen LogP contribution in [-0.2, 0) is 23.8 Å². The Bertz CT molecular complexity index is 898. The molecule has 0 amide bonds. The van der Waals surface area contributed by atoms with E-state index < -0.39 is 54.6 Å². The fourth-order valence-corrected chi connectivity index (χ4v) is 2.70. The largest absolute Gasteiger partial charge is 0.511 e. The summed E-state index contributed by atoms with van der Waals surface area (Å²) in [6.45, 7) is 2.94. The molecule has 0 aliphatic carbocycles. The van der Waals surface area contributed by atoms with E-state index in [1.165, 1.54) is 6.92 Å². The third-order valence-electron chi connectivity index (χ3n) is 3.89. The van der Waals surface area contributed by atoms with E-state index in [-0.39, 0.29) is 11.3 Å². The monoisotopic (exact) mass is 449 g/mol. The molecule has 0 N–H and O–H groups in total. The first-order valence-electron chi connectivity index (χ1n) is 8.72. The molecular formula is C18H18F3NO9. The Kier molecular flexibility index (Phi) is 7.31. The predicted molar refractivity (Wildman–Crippen MR) is 95.3 cm³/mol. The molecule has 2 rings (SSSR count). The number of halogens is 3. The number of fused-ring (bicyclic) bond motifs is 1. The van der Waals surface area contributed by atoms with Gasteiger partial charge in [-0.2, -0.15) is 13.2 Å². The smallest absolute Gasteiger partial charge is 0.475 e. The molecule has 1 aliphatic rings. The highest BCUT2D eigenvalue weighted by molar-refractivity contribution is 5.96. The van der Waals surface area contributed by atoms with Crippen LogP contribution in [0.3, 0.4) is 0 Å². The summed E-state index contributed by atoms with van der Waals surface area (Å²) in [6.07, 6.45) is -8.91. The summed E-state index contributed by atoms with van der Waals surface area (Å²) in [5.41, 5.74) is 0.657. The van der Waals surface area contributed by atoms with Crippen LogP contribution in [0.25, 0.3) is 6.08 Å². The van der Waals surface area contributed by atoms with Gasteiger partial charge in [-0.3, -0.25) is 0 Å². The van der Waals surface area contributed by atoms with E-state index in [9.17, 15) is 32.9 Å². The standard InChI is InChI=1S/C18H18F3NO9/c1-9-4-10(2)14-12(5-9)6-13(15(31-14)18(19,20)21)16(23)27-8-28-17(24)30-11(3)7-29-22(25)26/h4-6,11,15H,7-8H2,1-3H3/t11?,15-/m0/s1. The van der Waals surface area contributed by atoms with E-state index in [2.05, 4.69) is 19.0 Å². The number of nitrogens with zero attached hydrogens (tertiary/aromatic N) is 1. The maximum Gasteiger partial charge on any atom is 0.511 e. The average molecular weight is 449 g/mol. The Morgan fingerprint density at radius 2 is 1.94 bits per heavy atom. The van der Waals surface area contributed by atoms with Crippen LogP contribution in [0, 0.1) is 24.0 Å². The summed E-state index contributed by atoms with van der Waals surface area (Å²) < 4.78 is 59.0. The highest BCUT2D eigenvalue weighted by Crippen LogP contribution is 2.39. The first-order chi connectivity index (χ1) is 14.4. The number of alkyl halides is 3. The highest BCUT2D eigenvalue weighted by Gasteiger charge is 2.49. The first kappa shape index (κ1) is 23.8. The van der Waals surface area contributed by atoms with Crippen molar-refractivity contribution in [3.8, 4) is 5.75 Å². The minimum atomic E-state index is -4.91. The van der Waals surface area contributed by atoms with Gasteiger partial charge in [0.2, 0.25) is 12.9 Å². The molecule has 0 saturated heterocycles. The topological polar surface area (TPSA) is 123 Å². The van der Waals surface area contributed by atoms with Crippen LogP contribution in [0.2, 0.25) is 0 Å². The van der Waals surface area contributed by atoms with Crippen LogP contribution in [0.15, 0.2) is 17.7 Å². The number of ether oxygens (including phenoxy) is 4. The van der Waals surface area contributed by atoms with Crippen molar-refractivity contribution in [3.05, 3.63) is 44.5 Å². The number of aryl methyl sites for hydroxylation is 2. The van der Waals surface area contributed by atoms with Gasteiger partial charge in [0.1, 0.15) is 18.5 Å². The van der Waals surface area contributed by atoms with Crippen LogP contribution < -0.4 is 4.74 Å². The molecular weight excluding hydrogens is 431 g/mol. The summed E-state index contributed by atoms with van der Waals surface area (Å²) in [5.74, 6) is -1.42. The summed E-state index contributed by atoms with van der Waals surface area (Å²) in [6, 6.07) is 3.19. The van der Waals surface area contributed by atoms with Crippen molar-refractivity contribution in [2.24, 2.45) is 0 Å². The van der Waals surface area contributed by atoms with Gasteiger partial charge in [-0.15, -0.1) is 10.1 Å². The lowest BCUT2D eigenvalue weighted by Gasteiger charge is -2.29. The number of benzene rings is 1. The number of esters is 1. The second-order valence-corrected chi connectivity index (χ2v) is 6.53. The summed E-state index contributed by atoms with van der Waals surface area (Å²) in [7, 11) is 0. The van der Waals surface area contributed by atoms with Crippen molar-refractivity contribution in [1.82, 2.24) is 0 Å². The molecule has 0 spiro atoms. The van der Waals surface area contributed by atoms with E-state index in [0.717, 1.165) is 11.6 Å². The molecule has 31 heavy (non-hydrogen) atoms. The molecule has 0 bridgehead atoms. The second-order valence-electron chi connectivity index (χ2n) is 6.53.